The minimum Gasteiger partial charge on any atom is -0.328 e. The molecule has 0 atom stereocenters. The van der Waals surface area contributed by atoms with Crippen molar-refractivity contribution in [1.29, 1.82) is 0 Å². The lowest BCUT2D eigenvalue weighted by atomic mass is 10.3. The fourth-order valence-electron chi connectivity index (χ4n) is 1.81. The van der Waals surface area contributed by atoms with E-state index in [4.69, 9.17) is 0 Å². The highest BCUT2D eigenvalue weighted by atomic mass is 16.8. The summed E-state index contributed by atoms with van der Waals surface area (Å²) in [7, 11) is 2.05. The van der Waals surface area contributed by atoms with Gasteiger partial charge >= 0.3 is 18.0 Å². The van der Waals surface area contributed by atoms with Crippen molar-refractivity contribution >= 4 is 18.0 Å². The molecule has 0 saturated carbocycles. The Balaban J connectivity index is 1.82. The summed E-state index contributed by atoms with van der Waals surface area (Å²) in [5.41, 5.74) is 1.83. The van der Waals surface area contributed by atoms with Gasteiger partial charge in [0, 0.05) is 32.7 Å². The predicted molar refractivity (Wildman–Crippen MR) is 61.4 cm³/mol. The Bertz CT molecular complexity index is 380. The second-order valence-electron chi connectivity index (χ2n) is 4.42. The van der Waals surface area contributed by atoms with E-state index in [2.05, 4.69) is 19.5 Å². The minimum absolute atomic E-state index is 0.178. The van der Waals surface area contributed by atoms with E-state index < -0.39 is 18.0 Å². The molecule has 2 fully saturated rings. The van der Waals surface area contributed by atoms with E-state index in [1.165, 1.54) is 0 Å². The first-order chi connectivity index (χ1) is 9.06. The molecule has 9 nitrogen and oxygen atoms in total. The van der Waals surface area contributed by atoms with Crippen LogP contribution in [0.2, 0.25) is 0 Å². The molecule has 1 N–H and O–H groups in total. The summed E-state index contributed by atoms with van der Waals surface area (Å²) in [5.74, 6) is -2.45. The van der Waals surface area contributed by atoms with Crippen LogP contribution >= 0.6 is 0 Å². The van der Waals surface area contributed by atoms with Gasteiger partial charge in [0.15, 0.2) is 0 Å². The second-order valence-corrected chi connectivity index (χ2v) is 4.42. The molecule has 2 aliphatic heterocycles. The van der Waals surface area contributed by atoms with Gasteiger partial charge in [-0.1, -0.05) is 0 Å². The molecular formula is C10H16N4O5. The van der Waals surface area contributed by atoms with Crippen molar-refractivity contribution in [3.8, 4) is 0 Å². The monoisotopic (exact) mass is 272 g/mol. The van der Waals surface area contributed by atoms with Crippen molar-refractivity contribution in [2.24, 2.45) is 0 Å². The third-order valence-corrected chi connectivity index (χ3v) is 3.03. The van der Waals surface area contributed by atoms with E-state index in [1.807, 2.05) is 12.5 Å². The average Bonchev–Trinajstić information content (AvgIpc) is 2.52. The lowest BCUT2D eigenvalue weighted by molar-refractivity contribution is -0.183. The summed E-state index contributed by atoms with van der Waals surface area (Å²) < 4.78 is 0. The maximum Gasteiger partial charge on any atom is 0.444 e. The highest BCUT2D eigenvalue weighted by Gasteiger charge is 2.31. The first-order valence-corrected chi connectivity index (χ1v) is 5.98. The van der Waals surface area contributed by atoms with Crippen LogP contribution in [0.15, 0.2) is 0 Å². The van der Waals surface area contributed by atoms with Gasteiger partial charge in [-0.3, -0.25) is 4.90 Å². The summed E-state index contributed by atoms with van der Waals surface area (Å²) in [6.45, 7) is 4.41. The van der Waals surface area contributed by atoms with E-state index >= 15 is 0 Å². The van der Waals surface area contributed by atoms with Gasteiger partial charge in [0.25, 0.3) is 0 Å². The van der Waals surface area contributed by atoms with Crippen molar-refractivity contribution in [3.05, 3.63) is 0 Å². The second kappa shape index (κ2) is 5.85. The molecule has 2 heterocycles. The molecular weight excluding hydrogens is 256 g/mol. The van der Waals surface area contributed by atoms with E-state index in [0.29, 0.717) is 6.54 Å². The number of hydrogen-bond donors (Lipinski definition) is 1. The number of carbonyl (C=O) groups is 3. The van der Waals surface area contributed by atoms with Crippen LogP contribution in [0, 0.1) is 0 Å². The van der Waals surface area contributed by atoms with Gasteiger partial charge in [0.1, 0.15) is 0 Å². The molecule has 2 rings (SSSR count). The van der Waals surface area contributed by atoms with Gasteiger partial charge in [-0.2, -0.15) is 5.48 Å². The van der Waals surface area contributed by atoms with E-state index in [-0.39, 0.29) is 6.54 Å². The fraction of sp³-hybridized carbons (Fsp3) is 0.700. The molecule has 0 aromatic carbocycles. The molecule has 0 bridgehead atoms. The lowest BCUT2D eigenvalue weighted by Gasteiger charge is -2.33. The maximum absolute atomic E-state index is 11.5. The molecule has 2 saturated heterocycles. The van der Waals surface area contributed by atoms with Crippen LogP contribution in [0.3, 0.4) is 0 Å². The quantitative estimate of drug-likeness (QED) is 0.604. The van der Waals surface area contributed by atoms with Gasteiger partial charge in [0.2, 0.25) is 0 Å². The van der Waals surface area contributed by atoms with Crippen LogP contribution in [-0.4, -0.2) is 79.1 Å². The Labute approximate surface area is 109 Å². The molecule has 2 aliphatic rings. The van der Waals surface area contributed by atoms with Crippen LogP contribution in [0.5, 0.6) is 0 Å². The number of rotatable bonds is 3. The average molecular weight is 272 g/mol. The predicted octanol–water partition coefficient (Wildman–Crippen LogP) is -1.82. The standard InChI is InChI=1S/C10H16N4O5/c1-12-2-4-13(5-3-12)6-7-14-10(17)11-18-8(15)9(16)19-14/h2-7H2,1H3,(H,11,17). The maximum atomic E-state index is 11.5. The number of nitrogens with one attached hydrogen (secondary N) is 1. The van der Waals surface area contributed by atoms with Crippen LogP contribution in [0.1, 0.15) is 0 Å². The Kier molecular flexibility index (Phi) is 4.17. The smallest absolute Gasteiger partial charge is 0.328 e. The molecule has 0 aromatic rings. The molecule has 9 heteroatoms. The molecule has 0 unspecified atom stereocenters. The Morgan fingerprint density at radius 3 is 2.42 bits per heavy atom. The molecule has 0 radical (unpaired) electrons. The van der Waals surface area contributed by atoms with Gasteiger partial charge in [-0.05, 0) is 7.05 Å². The number of hydroxylamine groups is 3. The van der Waals surface area contributed by atoms with Crippen LogP contribution in [-0.2, 0) is 19.3 Å². The highest BCUT2D eigenvalue weighted by molar-refractivity contribution is 6.30. The lowest BCUT2D eigenvalue weighted by Crippen LogP contribution is -2.48. The van der Waals surface area contributed by atoms with Crippen LogP contribution in [0.25, 0.3) is 0 Å². The van der Waals surface area contributed by atoms with Crippen LogP contribution in [0.4, 0.5) is 4.79 Å². The molecule has 2 amide bonds. The number of piperazine rings is 1. The number of carbonyl (C=O) groups excluding carboxylic acids is 3. The first-order valence-electron chi connectivity index (χ1n) is 5.98. The van der Waals surface area contributed by atoms with Crippen molar-refractivity contribution in [1.82, 2.24) is 20.3 Å². The van der Waals surface area contributed by atoms with Gasteiger partial charge < -0.3 is 14.6 Å². The third kappa shape index (κ3) is 3.55. The van der Waals surface area contributed by atoms with Gasteiger partial charge in [-0.15, -0.1) is 5.06 Å². The summed E-state index contributed by atoms with van der Waals surface area (Å²) >= 11 is 0. The molecule has 0 aromatic heterocycles. The van der Waals surface area contributed by atoms with E-state index in [9.17, 15) is 14.4 Å². The number of amides is 2. The Hall–Kier alpha value is -1.87. The van der Waals surface area contributed by atoms with Crippen molar-refractivity contribution < 1.29 is 24.1 Å². The molecule has 19 heavy (non-hydrogen) atoms. The zero-order valence-electron chi connectivity index (χ0n) is 10.6. The number of hydrogen-bond acceptors (Lipinski definition) is 7. The molecule has 0 aliphatic carbocycles. The van der Waals surface area contributed by atoms with Crippen molar-refractivity contribution in [2.75, 3.05) is 46.3 Å². The van der Waals surface area contributed by atoms with Gasteiger partial charge in [-0.25, -0.2) is 14.4 Å². The summed E-state index contributed by atoms with van der Waals surface area (Å²) in [5, 5.41) is 0.797. The van der Waals surface area contributed by atoms with E-state index in [0.717, 1.165) is 31.2 Å². The number of urea groups is 1. The Morgan fingerprint density at radius 1 is 1.05 bits per heavy atom. The minimum atomic E-state index is -1.24. The third-order valence-electron chi connectivity index (χ3n) is 3.03. The molecule has 106 valence electrons. The topological polar surface area (TPSA) is 91.4 Å². The van der Waals surface area contributed by atoms with Crippen LogP contribution < -0.4 is 5.48 Å². The SMILES string of the molecule is CN1CCN(CCN2OC(=O)C(=O)ONC2=O)CC1. The molecule has 0 spiro atoms. The van der Waals surface area contributed by atoms with E-state index in [1.54, 1.807) is 0 Å². The highest BCUT2D eigenvalue weighted by Crippen LogP contribution is 2.03. The van der Waals surface area contributed by atoms with Crippen molar-refractivity contribution in [2.45, 2.75) is 0 Å². The normalized spacial score (nSPS) is 22.6. The fourth-order valence-corrected chi connectivity index (χ4v) is 1.81. The van der Waals surface area contributed by atoms with Gasteiger partial charge in [0.05, 0.1) is 6.54 Å². The Morgan fingerprint density at radius 2 is 1.74 bits per heavy atom. The van der Waals surface area contributed by atoms with Crippen molar-refractivity contribution in [3.63, 3.8) is 0 Å². The zero-order valence-corrected chi connectivity index (χ0v) is 10.6. The number of nitrogens with zero attached hydrogens (tertiary/aromatic N) is 3. The zero-order chi connectivity index (χ0) is 13.8. The summed E-state index contributed by atoms with van der Waals surface area (Å²) in [4.78, 5) is 46.6. The first kappa shape index (κ1) is 13.6. The summed E-state index contributed by atoms with van der Waals surface area (Å²) in [6.07, 6.45) is 0. The summed E-state index contributed by atoms with van der Waals surface area (Å²) in [6, 6.07) is -0.770. The largest absolute Gasteiger partial charge is 0.444 e. The number of likely N-dealkylation sites (N-methyl/N-ethyl adjacent to an activating group) is 1.